The Kier molecular flexibility index (Phi) is 10.8. The number of nitrogens with one attached hydrogen (secondary N) is 4. The third kappa shape index (κ3) is 8.71. The molecule has 4 amide bonds. The van der Waals surface area contributed by atoms with Gasteiger partial charge in [-0.1, -0.05) is 20.3 Å². The first-order chi connectivity index (χ1) is 15.1. The molecule has 0 radical (unpaired) electrons. The van der Waals surface area contributed by atoms with Gasteiger partial charge in [0.15, 0.2) is 0 Å². The first-order valence-corrected chi connectivity index (χ1v) is 10.2. The van der Waals surface area contributed by atoms with Crippen LogP contribution in [0.4, 0.5) is 0 Å². The van der Waals surface area contributed by atoms with E-state index >= 15 is 0 Å². The summed E-state index contributed by atoms with van der Waals surface area (Å²) in [5, 5.41) is 16.8. The molecule has 0 fully saturated rings. The number of aromatic amines is 1. The third-order valence-corrected chi connectivity index (χ3v) is 4.91. The molecule has 0 saturated carbocycles. The number of carboxylic acid groups (broad SMARTS) is 1. The lowest BCUT2D eigenvalue weighted by Gasteiger charge is -2.26. The summed E-state index contributed by atoms with van der Waals surface area (Å²) in [4.78, 5) is 66.9. The SMILES string of the molecule is CCC(C)C(NC(=O)C(CCC(N)=O)NC(=O)C(Cc1cnc[nH]1)NC(=O)CN)C(=O)O. The lowest BCUT2D eigenvalue weighted by Crippen LogP contribution is -2.57. The highest BCUT2D eigenvalue weighted by Gasteiger charge is 2.31. The standard InChI is InChI=1S/C19H31N7O6/c1-3-10(2)16(19(31)32)26-17(29)12(4-5-14(21)27)25-18(30)13(24-15(28)7-20)6-11-8-22-9-23-11/h8-10,12-13,16H,3-7,20H2,1-2H3,(H2,21,27)(H,22,23)(H,24,28)(H,25,30)(H,26,29)(H,31,32). The number of hydrogen-bond donors (Lipinski definition) is 7. The molecule has 13 nitrogen and oxygen atoms in total. The van der Waals surface area contributed by atoms with Crippen LogP contribution in [0.3, 0.4) is 0 Å². The summed E-state index contributed by atoms with van der Waals surface area (Å²) in [6.07, 6.45) is 3.02. The van der Waals surface area contributed by atoms with Gasteiger partial charge >= 0.3 is 5.97 Å². The topological polar surface area (TPSA) is 222 Å². The minimum Gasteiger partial charge on any atom is -0.480 e. The Bertz CT molecular complexity index is 798. The molecule has 0 aliphatic heterocycles. The van der Waals surface area contributed by atoms with Crippen molar-refractivity contribution in [2.75, 3.05) is 6.54 Å². The van der Waals surface area contributed by atoms with Crippen LogP contribution in [0, 0.1) is 5.92 Å². The van der Waals surface area contributed by atoms with E-state index in [1.165, 1.54) is 12.5 Å². The lowest BCUT2D eigenvalue weighted by atomic mass is 9.98. The van der Waals surface area contributed by atoms with Crippen LogP contribution in [0.25, 0.3) is 0 Å². The highest BCUT2D eigenvalue weighted by molar-refractivity contribution is 5.94. The van der Waals surface area contributed by atoms with Gasteiger partial charge in [0, 0.05) is 24.7 Å². The molecule has 32 heavy (non-hydrogen) atoms. The van der Waals surface area contributed by atoms with Gasteiger partial charge in [-0.3, -0.25) is 19.2 Å². The first-order valence-electron chi connectivity index (χ1n) is 10.2. The highest BCUT2D eigenvalue weighted by atomic mass is 16.4. The van der Waals surface area contributed by atoms with Crippen molar-refractivity contribution in [2.45, 2.75) is 57.7 Å². The smallest absolute Gasteiger partial charge is 0.326 e. The number of rotatable bonds is 14. The van der Waals surface area contributed by atoms with Crippen molar-refractivity contribution in [3.63, 3.8) is 0 Å². The van der Waals surface area contributed by atoms with Gasteiger partial charge in [0.2, 0.25) is 23.6 Å². The van der Waals surface area contributed by atoms with Crippen molar-refractivity contribution in [3.05, 3.63) is 18.2 Å². The zero-order chi connectivity index (χ0) is 24.3. The molecule has 0 spiro atoms. The van der Waals surface area contributed by atoms with E-state index in [-0.39, 0.29) is 31.7 Å². The second-order valence-electron chi connectivity index (χ2n) is 7.38. The summed E-state index contributed by atoms with van der Waals surface area (Å²) in [6.45, 7) is 3.09. The van der Waals surface area contributed by atoms with Gasteiger partial charge in [0.05, 0.1) is 12.9 Å². The van der Waals surface area contributed by atoms with Gasteiger partial charge in [-0.15, -0.1) is 0 Å². The number of primary amides is 1. The fraction of sp³-hybridized carbons (Fsp3) is 0.579. The number of amides is 4. The molecule has 4 unspecified atom stereocenters. The molecule has 0 aliphatic rings. The van der Waals surface area contributed by atoms with E-state index in [1.807, 2.05) is 0 Å². The van der Waals surface area contributed by atoms with Gasteiger partial charge in [-0.2, -0.15) is 0 Å². The number of nitrogens with zero attached hydrogens (tertiary/aromatic N) is 1. The minimum atomic E-state index is -1.25. The highest BCUT2D eigenvalue weighted by Crippen LogP contribution is 2.09. The largest absolute Gasteiger partial charge is 0.480 e. The third-order valence-electron chi connectivity index (χ3n) is 4.91. The molecule has 4 atom stereocenters. The molecule has 0 aliphatic carbocycles. The summed E-state index contributed by atoms with van der Waals surface area (Å²) in [5.41, 5.74) is 11.0. The minimum absolute atomic E-state index is 0.0341. The zero-order valence-corrected chi connectivity index (χ0v) is 18.1. The maximum Gasteiger partial charge on any atom is 0.326 e. The normalized spacial score (nSPS) is 14.5. The fourth-order valence-electron chi connectivity index (χ4n) is 2.84. The van der Waals surface area contributed by atoms with E-state index < -0.39 is 47.7 Å². The summed E-state index contributed by atoms with van der Waals surface area (Å²) in [6, 6.07) is -3.53. The van der Waals surface area contributed by atoms with Crippen molar-refractivity contribution >= 4 is 29.6 Å². The number of carboxylic acids is 1. The summed E-state index contributed by atoms with van der Waals surface area (Å²) in [5.74, 6) is -4.38. The van der Waals surface area contributed by atoms with Gasteiger partial charge in [-0.25, -0.2) is 9.78 Å². The average Bonchev–Trinajstić information content (AvgIpc) is 3.26. The summed E-state index contributed by atoms with van der Waals surface area (Å²) >= 11 is 0. The molecule has 0 saturated heterocycles. The van der Waals surface area contributed by atoms with E-state index in [2.05, 4.69) is 25.9 Å². The second-order valence-corrected chi connectivity index (χ2v) is 7.38. The monoisotopic (exact) mass is 453 g/mol. The number of H-pyrrole nitrogens is 1. The molecule has 0 aromatic carbocycles. The molecule has 1 rings (SSSR count). The van der Waals surface area contributed by atoms with Crippen molar-refractivity contribution in [1.82, 2.24) is 25.9 Å². The van der Waals surface area contributed by atoms with Crippen LogP contribution >= 0.6 is 0 Å². The number of hydrogen-bond acceptors (Lipinski definition) is 7. The van der Waals surface area contributed by atoms with Gasteiger partial charge < -0.3 is 37.5 Å². The van der Waals surface area contributed by atoms with Crippen molar-refractivity contribution < 1.29 is 29.1 Å². The maximum absolute atomic E-state index is 12.9. The van der Waals surface area contributed by atoms with E-state index in [4.69, 9.17) is 11.5 Å². The Labute approximate surface area is 185 Å². The van der Waals surface area contributed by atoms with E-state index in [1.54, 1.807) is 13.8 Å². The van der Waals surface area contributed by atoms with E-state index in [0.717, 1.165) is 0 Å². The number of carbonyl (C=O) groups is 5. The molecule has 9 N–H and O–H groups in total. The lowest BCUT2D eigenvalue weighted by molar-refractivity contribution is -0.144. The van der Waals surface area contributed by atoms with Crippen LogP contribution < -0.4 is 27.4 Å². The Morgan fingerprint density at radius 2 is 1.78 bits per heavy atom. The van der Waals surface area contributed by atoms with Gasteiger partial charge in [-0.05, 0) is 12.3 Å². The quantitative estimate of drug-likeness (QED) is 0.163. The number of nitrogens with two attached hydrogens (primary N) is 2. The second kappa shape index (κ2) is 13.0. The van der Waals surface area contributed by atoms with Crippen LogP contribution in [0.15, 0.2) is 12.5 Å². The van der Waals surface area contributed by atoms with E-state index in [0.29, 0.717) is 12.1 Å². The average molecular weight is 454 g/mol. The predicted octanol–water partition coefficient (Wildman–Crippen LogP) is -2.24. The molecular weight excluding hydrogens is 422 g/mol. The van der Waals surface area contributed by atoms with Crippen LogP contribution in [0.5, 0.6) is 0 Å². The molecule has 13 heteroatoms. The van der Waals surface area contributed by atoms with E-state index in [9.17, 15) is 29.1 Å². The van der Waals surface area contributed by atoms with Crippen LogP contribution in [-0.2, 0) is 30.4 Å². The number of carbonyl (C=O) groups excluding carboxylic acids is 4. The Morgan fingerprint density at radius 3 is 2.28 bits per heavy atom. The zero-order valence-electron chi connectivity index (χ0n) is 18.1. The Morgan fingerprint density at radius 1 is 1.12 bits per heavy atom. The molecule has 178 valence electrons. The number of aliphatic carboxylic acids is 1. The number of imidazole rings is 1. The Hall–Kier alpha value is -3.48. The molecule has 1 aromatic heterocycles. The van der Waals surface area contributed by atoms with Crippen LogP contribution in [0.2, 0.25) is 0 Å². The van der Waals surface area contributed by atoms with Gasteiger partial charge in [0.1, 0.15) is 18.1 Å². The van der Waals surface area contributed by atoms with Crippen molar-refractivity contribution in [3.8, 4) is 0 Å². The molecule has 1 aromatic rings. The van der Waals surface area contributed by atoms with Gasteiger partial charge in [0.25, 0.3) is 0 Å². The Balaban J connectivity index is 3.02. The molecular formula is C19H31N7O6. The number of aromatic nitrogens is 2. The predicted molar refractivity (Wildman–Crippen MR) is 113 cm³/mol. The maximum atomic E-state index is 12.9. The first kappa shape index (κ1) is 26.6. The summed E-state index contributed by atoms with van der Waals surface area (Å²) < 4.78 is 0. The summed E-state index contributed by atoms with van der Waals surface area (Å²) in [7, 11) is 0. The van der Waals surface area contributed by atoms with Crippen molar-refractivity contribution in [1.29, 1.82) is 0 Å². The fourth-order valence-corrected chi connectivity index (χ4v) is 2.84. The van der Waals surface area contributed by atoms with Crippen LogP contribution in [0.1, 0.15) is 38.8 Å². The molecule has 1 heterocycles. The molecule has 0 bridgehead atoms. The van der Waals surface area contributed by atoms with Crippen LogP contribution in [-0.4, -0.2) is 69.3 Å². The van der Waals surface area contributed by atoms with Crippen molar-refractivity contribution in [2.24, 2.45) is 17.4 Å².